The van der Waals surface area contributed by atoms with Crippen LogP contribution in [0.1, 0.15) is 11.4 Å². The van der Waals surface area contributed by atoms with Crippen molar-refractivity contribution >= 4 is 34.6 Å². The Balaban J connectivity index is 1.30. The first kappa shape index (κ1) is 20.7. The van der Waals surface area contributed by atoms with Crippen molar-refractivity contribution in [2.24, 2.45) is 0 Å². The molecule has 1 aliphatic rings. The van der Waals surface area contributed by atoms with Crippen LogP contribution in [0.3, 0.4) is 0 Å². The second kappa shape index (κ2) is 11.1. The summed E-state index contributed by atoms with van der Waals surface area (Å²) in [4.78, 5) is 18.2. The van der Waals surface area contributed by atoms with E-state index in [0.29, 0.717) is 5.11 Å². The number of thiocarbonyl (C=S) groups is 1. The summed E-state index contributed by atoms with van der Waals surface area (Å²) in [5.74, 6) is -0.170. The fourth-order valence-electron chi connectivity index (χ4n) is 2.94. The predicted octanol–water partition coefficient (Wildman–Crippen LogP) is 0.153. The molecule has 0 bridgehead atoms. The van der Waals surface area contributed by atoms with Gasteiger partial charge in [-0.15, -0.1) is 11.3 Å². The molecule has 3 rings (SSSR count). The molecule has 4 N–H and O–H groups in total. The smallest absolute Gasteiger partial charge is 0.245 e. The summed E-state index contributed by atoms with van der Waals surface area (Å²) < 4.78 is 5.35. The van der Waals surface area contributed by atoms with Crippen molar-refractivity contribution in [1.29, 1.82) is 0 Å². The molecule has 0 radical (unpaired) electrons. The van der Waals surface area contributed by atoms with Crippen LogP contribution in [0.2, 0.25) is 0 Å². The molecule has 0 spiro atoms. The molecular formula is C19H26N5O2S2+. The lowest BCUT2D eigenvalue weighted by atomic mass is 10.2. The van der Waals surface area contributed by atoms with Crippen molar-refractivity contribution in [3.63, 3.8) is 0 Å². The van der Waals surface area contributed by atoms with Gasteiger partial charge in [0.05, 0.1) is 31.9 Å². The minimum atomic E-state index is -0.170. The first-order valence-electron chi connectivity index (χ1n) is 9.44. The van der Waals surface area contributed by atoms with E-state index in [-0.39, 0.29) is 12.3 Å². The summed E-state index contributed by atoms with van der Waals surface area (Å²) in [5, 5.41) is 6.28. The molecule has 1 amide bonds. The number of ether oxygens (including phenoxy) is 1. The Labute approximate surface area is 174 Å². The number of quaternary nitrogens is 1. The summed E-state index contributed by atoms with van der Waals surface area (Å²) in [6, 6.07) is 9.93. The first-order chi connectivity index (χ1) is 13.7. The van der Waals surface area contributed by atoms with Crippen molar-refractivity contribution in [3.05, 3.63) is 40.7 Å². The van der Waals surface area contributed by atoms with Gasteiger partial charge in [0.1, 0.15) is 18.1 Å². The van der Waals surface area contributed by atoms with Crippen molar-refractivity contribution in [1.82, 2.24) is 21.2 Å². The molecule has 0 aliphatic carbocycles. The molecule has 1 fully saturated rings. The average molecular weight is 421 g/mol. The van der Waals surface area contributed by atoms with Gasteiger partial charge in [-0.2, -0.15) is 0 Å². The van der Waals surface area contributed by atoms with E-state index in [4.69, 9.17) is 17.0 Å². The maximum atomic E-state index is 12.1. The van der Waals surface area contributed by atoms with Gasteiger partial charge in [-0.1, -0.05) is 30.3 Å². The number of nitrogens with one attached hydrogen (secondary N) is 4. The zero-order valence-corrected chi connectivity index (χ0v) is 17.3. The Hall–Kier alpha value is -2.07. The number of hydrogen-bond donors (Lipinski definition) is 4. The molecule has 2 heterocycles. The Bertz CT molecular complexity index is 763. The molecule has 2 aromatic rings. The molecule has 9 heteroatoms. The summed E-state index contributed by atoms with van der Waals surface area (Å²) >= 11 is 6.68. The Morgan fingerprint density at radius 3 is 2.79 bits per heavy atom. The van der Waals surface area contributed by atoms with Crippen molar-refractivity contribution < 1.29 is 14.4 Å². The molecular weight excluding hydrogens is 394 g/mol. The Kier molecular flexibility index (Phi) is 8.16. The molecule has 0 saturated carbocycles. The van der Waals surface area contributed by atoms with E-state index in [1.54, 1.807) is 4.90 Å². The lowest BCUT2D eigenvalue weighted by Gasteiger charge is -2.23. The third-order valence-electron chi connectivity index (χ3n) is 4.44. The summed E-state index contributed by atoms with van der Waals surface area (Å²) in [7, 11) is 0. The van der Waals surface area contributed by atoms with Gasteiger partial charge in [0.25, 0.3) is 0 Å². The van der Waals surface area contributed by atoms with E-state index in [1.165, 1.54) is 11.3 Å². The van der Waals surface area contributed by atoms with Gasteiger partial charge in [0, 0.05) is 23.9 Å². The second-order valence-electron chi connectivity index (χ2n) is 6.56. The number of benzene rings is 1. The summed E-state index contributed by atoms with van der Waals surface area (Å²) in [6.45, 7) is 5.71. The van der Waals surface area contributed by atoms with Gasteiger partial charge in [-0.05, 0) is 12.2 Å². The molecule has 1 aliphatic heterocycles. The zero-order valence-electron chi connectivity index (χ0n) is 15.7. The molecule has 150 valence electrons. The number of nitrogens with zero attached hydrogens (tertiary/aromatic N) is 1. The Morgan fingerprint density at radius 1 is 1.21 bits per heavy atom. The number of morpholine rings is 1. The van der Waals surface area contributed by atoms with E-state index >= 15 is 0 Å². The first-order valence-corrected chi connectivity index (χ1v) is 10.7. The number of thiazole rings is 1. The number of carbonyl (C=O) groups is 1. The van der Waals surface area contributed by atoms with E-state index < -0.39 is 0 Å². The predicted molar refractivity (Wildman–Crippen MR) is 114 cm³/mol. The van der Waals surface area contributed by atoms with Crippen LogP contribution < -0.4 is 21.1 Å². The molecule has 7 nitrogen and oxygen atoms in total. The van der Waals surface area contributed by atoms with Gasteiger partial charge in [-0.3, -0.25) is 15.6 Å². The number of amides is 1. The topological polar surface area (TPSA) is 79.7 Å². The lowest BCUT2D eigenvalue weighted by molar-refractivity contribution is -0.908. The van der Waals surface area contributed by atoms with Crippen LogP contribution in [-0.4, -0.2) is 55.4 Å². The van der Waals surface area contributed by atoms with E-state index in [2.05, 4.69) is 21.2 Å². The third kappa shape index (κ3) is 6.83. The minimum Gasteiger partial charge on any atom is -0.370 e. The number of aromatic nitrogens is 1. The van der Waals surface area contributed by atoms with Gasteiger partial charge in [-0.25, -0.2) is 4.98 Å². The highest BCUT2D eigenvalue weighted by Crippen LogP contribution is 2.21. The van der Waals surface area contributed by atoms with Crippen molar-refractivity contribution in [3.8, 4) is 11.3 Å². The standard InChI is InChI=1S/C19H25N5O2S2/c25-17(13-18-21-16(14-28-18)15-5-2-1-3-6-15)22-23-19(27)20-7-4-8-24-9-11-26-12-10-24/h1-3,5-6,14H,4,7-13H2,(H,22,25)(H2,20,23,27)/p+1. The highest BCUT2D eigenvalue weighted by Gasteiger charge is 2.13. The molecule has 0 unspecified atom stereocenters. The van der Waals surface area contributed by atoms with E-state index in [0.717, 1.165) is 62.1 Å². The quantitative estimate of drug-likeness (QED) is 0.290. The zero-order chi connectivity index (χ0) is 19.6. The molecule has 1 aromatic carbocycles. The maximum absolute atomic E-state index is 12.1. The SMILES string of the molecule is O=C(Cc1nc(-c2ccccc2)cs1)NNC(=S)NCCC[NH+]1CCOCC1. The molecule has 1 aromatic heterocycles. The summed E-state index contributed by atoms with van der Waals surface area (Å²) in [5.41, 5.74) is 7.31. The van der Waals surface area contributed by atoms with Crippen molar-refractivity contribution in [2.75, 3.05) is 39.4 Å². The average Bonchev–Trinajstić information content (AvgIpc) is 3.19. The normalized spacial score (nSPS) is 14.4. The van der Waals surface area contributed by atoms with Crippen LogP contribution in [-0.2, 0) is 16.0 Å². The minimum absolute atomic E-state index is 0.170. The fourth-order valence-corrected chi connectivity index (χ4v) is 3.89. The number of hydrazine groups is 1. The van der Waals surface area contributed by atoms with E-state index in [1.807, 2.05) is 35.7 Å². The van der Waals surface area contributed by atoms with Crippen LogP contribution in [0.4, 0.5) is 0 Å². The monoisotopic (exact) mass is 420 g/mol. The molecule has 28 heavy (non-hydrogen) atoms. The largest absolute Gasteiger partial charge is 0.370 e. The van der Waals surface area contributed by atoms with Crippen LogP contribution in [0.25, 0.3) is 11.3 Å². The van der Waals surface area contributed by atoms with Crippen LogP contribution in [0.15, 0.2) is 35.7 Å². The van der Waals surface area contributed by atoms with Crippen LogP contribution in [0, 0.1) is 0 Å². The number of rotatable bonds is 7. The number of carbonyl (C=O) groups excluding carboxylic acids is 1. The van der Waals surface area contributed by atoms with Gasteiger partial charge >= 0.3 is 0 Å². The fraction of sp³-hybridized carbons (Fsp3) is 0.421. The van der Waals surface area contributed by atoms with Crippen LogP contribution in [0.5, 0.6) is 0 Å². The Morgan fingerprint density at radius 2 is 2.00 bits per heavy atom. The van der Waals surface area contributed by atoms with Gasteiger partial charge in [0.15, 0.2) is 5.11 Å². The van der Waals surface area contributed by atoms with Gasteiger partial charge in [0.2, 0.25) is 5.91 Å². The highest BCUT2D eigenvalue weighted by atomic mass is 32.1. The van der Waals surface area contributed by atoms with Gasteiger partial charge < -0.3 is 15.0 Å². The molecule has 0 atom stereocenters. The van der Waals surface area contributed by atoms with Crippen LogP contribution >= 0.6 is 23.6 Å². The number of hydrogen-bond acceptors (Lipinski definition) is 5. The molecule has 1 saturated heterocycles. The van der Waals surface area contributed by atoms with E-state index in [9.17, 15) is 4.79 Å². The van der Waals surface area contributed by atoms with Crippen molar-refractivity contribution in [2.45, 2.75) is 12.8 Å². The highest BCUT2D eigenvalue weighted by molar-refractivity contribution is 7.80. The second-order valence-corrected chi connectivity index (χ2v) is 7.92. The third-order valence-corrected chi connectivity index (χ3v) is 5.54. The summed E-state index contributed by atoms with van der Waals surface area (Å²) in [6.07, 6.45) is 1.24. The lowest BCUT2D eigenvalue weighted by Crippen LogP contribution is -3.14. The maximum Gasteiger partial charge on any atom is 0.245 e.